The molecule has 0 aliphatic heterocycles. The summed E-state index contributed by atoms with van der Waals surface area (Å²) in [5.74, 6) is 0. The van der Waals surface area contributed by atoms with Gasteiger partial charge in [-0.3, -0.25) is 4.68 Å². The van der Waals surface area contributed by atoms with E-state index in [1.807, 2.05) is 44.4 Å². The van der Waals surface area contributed by atoms with Gasteiger partial charge in [-0.15, -0.1) is 0 Å². The number of aryl methyl sites for hydroxylation is 2. The maximum atomic E-state index is 9.38. The molecule has 0 spiro atoms. The monoisotopic (exact) mass is 289 g/mol. The Labute approximate surface area is 122 Å². The lowest BCUT2D eigenvalue weighted by Crippen LogP contribution is -1.99. The van der Waals surface area contributed by atoms with E-state index in [1.165, 1.54) is 0 Å². The molecule has 0 bridgehead atoms. The topological polar surface area (TPSA) is 43.0 Å². The number of nitrogens with zero attached hydrogens (tertiary/aromatic N) is 3. The standard InChI is InChI=1S/C15H16ClN3O/c1-10-13(15(16)18(2)17-10)8-19-7-6-12-11(9-20)4-3-5-14(12)19/h3-7,20H,8-9H2,1-2H3. The van der Waals surface area contributed by atoms with E-state index in [2.05, 4.69) is 9.67 Å². The van der Waals surface area contributed by atoms with Crippen molar-refractivity contribution in [2.45, 2.75) is 20.1 Å². The third-order valence-corrected chi connectivity index (χ3v) is 4.15. The lowest BCUT2D eigenvalue weighted by atomic mass is 10.1. The van der Waals surface area contributed by atoms with Crippen molar-refractivity contribution in [3.8, 4) is 0 Å². The zero-order valence-corrected chi connectivity index (χ0v) is 12.2. The van der Waals surface area contributed by atoms with Gasteiger partial charge in [0.25, 0.3) is 0 Å². The lowest BCUT2D eigenvalue weighted by molar-refractivity contribution is 0.283. The van der Waals surface area contributed by atoms with Crippen LogP contribution in [0.25, 0.3) is 10.9 Å². The van der Waals surface area contributed by atoms with Gasteiger partial charge in [0.15, 0.2) is 0 Å². The summed E-state index contributed by atoms with van der Waals surface area (Å²) in [6.07, 6.45) is 2.02. The molecule has 0 radical (unpaired) electrons. The average Bonchev–Trinajstić information content (AvgIpc) is 2.96. The van der Waals surface area contributed by atoms with E-state index in [0.717, 1.165) is 27.7 Å². The predicted octanol–water partition coefficient (Wildman–Crippen LogP) is 2.88. The number of fused-ring (bicyclic) bond motifs is 1. The molecule has 1 aromatic carbocycles. The molecule has 1 N–H and O–H groups in total. The van der Waals surface area contributed by atoms with E-state index < -0.39 is 0 Å². The molecule has 0 saturated heterocycles. The minimum atomic E-state index is 0.0496. The Kier molecular flexibility index (Phi) is 3.28. The molecule has 3 aromatic rings. The van der Waals surface area contributed by atoms with E-state index in [1.54, 1.807) is 4.68 Å². The molecule has 2 aromatic heterocycles. The van der Waals surface area contributed by atoms with E-state index in [0.29, 0.717) is 11.7 Å². The Morgan fingerprint density at radius 2 is 2.10 bits per heavy atom. The summed E-state index contributed by atoms with van der Waals surface area (Å²) in [4.78, 5) is 0. The fourth-order valence-electron chi connectivity index (χ4n) is 2.59. The summed E-state index contributed by atoms with van der Waals surface area (Å²) >= 11 is 6.29. The van der Waals surface area contributed by atoms with Gasteiger partial charge < -0.3 is 9.67 Å². The summed E-state index contributed by atoms with van der Waals surface area (Å²) in [5.41, 5.74) is 4.00. The average molecular weight is 290 g/mol. The molecule has 0 amide bonds. The highest BCUT2D eigenvalue weighted by molar-refractivity contribution is 6.30. The first kappa shape index (κ1) is 13.2. The van der Waals surface area contributed by atoms with Crippen molar-refractivity contribution < 1.29 is 5.11 Å². The van der Waals surface area contributed by atoms with E-state index in [4.69, 9.17) is 11.6 Å². The Morgan fingerprint density at radius 1 is 1.30 bits per heavy atom. The lowest BCUT2D eigenvalue weighted by Gasteiger charge is -2.06. The van der Waals surface area contributed by atoms with Crippen LogP contribution < -0.4 is 0 Å². The van der Waals surface area contributed by atoms with Crippen LogP contribution in [0.5, 0.6) is 0 Å². The first-order chi connectivity index (χ1) is 9.61. The van der Waals surface area contributed by atoms with Crippen molar-refractivity contribution in [3.63, 3.8) is 0 Å². The summed E-state index contributed by atoms with van der Waals surface area (Å²) in [6.45, 7) is 2.69. The highest BCUT2D eigenvalue weighted by atomic mass is 35.5. The van der Waals surface area contributed by atoms with Gasteiger partial charge in [-0.05, 0) is 24.6 Å². The molecule has 0 fully saturated rings. The van der Waals surface area contributed by atoms with Crippen LogP contribution in [0.2, 0.25) is 5.15 Å². The normalized spacial score (nSPS) is 11.4. The van der Waals surface area contributed by atoms with Crippen molar-refractivity contribution in [2.75, 3.05) is 0 Å². The molecule has 4 nitrogen and oxygen atoms in total. The highest BCUT2D eigenvalue weighted by Crippen LogP contribution is 2.24. The molecule has 5 heteroatoms. The van der Waals surface area contributed by atoms with Gasteiger partial charge >= 0.3 is 0 Å². The van der Waals surface area contributed by atoms with Crippen LogP contribution in [0.1, 0.15) is 16.8 Å². The molecule has 0 unspecified atom stereocenters. The molecule has 20 heavy (non-hydrogen) atoms. The van der Waals surface area contributed by atoms with Gasteiger partial charge in [0.05, 0.1) is 18.8 Å². The van der Waals surface area contributed by atoms with Crippen molar-refractivity contribution in [2.24, 2.45) is 7.05 Å². The minimum Gasteiger partial charge on any atom is -0.392 e. The number of aromatic nitrogens is 3. The number of hydrogen-bond donors (Lipinski definition) is 1. The van der Waals surface area contributed by atoms with E-state index in [-0.39, 0.29) is 6.61 Å². The van der Waals surface area contributed by atoms with Crippen molar-refractivity contribution in [1.29, 1.82) is 0 Å². The first-order valence-corrected chi connectivity index (χ1v) is 6.85. The summed E-state index contributed by atoms with van der Waals surface area (Å²) in [6, 6.07) is 7.98. The SMILES string of the molecule is Cc1nn(C)c(Cl)c1Cn1ccc2c(CO)cccc21. The summed E-state index contributed by atoms with van der Waals surface area (Å²) in [5, 5.41) is 15.5. The van der Waals surface area contributed by atoms with Crippen LogP contribution in [0, 0.1) is 6.92 Å². The number of rotatable bonds is 3. The second-order valence-electron chi connectivity index (χ2n) is 4.93. The second kappa shape index (κ2) is 4.96. The van der Waals surface area contributed by atoms with Gasteiger partial charge in [0.1, 0.15) is 5.15 Å². The van der Waals surface area contributed by atoms with Crippen molar-refractivity contribution in [1.82, 2.24) is 14.3 Å². The molecular weight excluding hydrogens is 274 g/mol. The third kappa shape index (κ3) is 2.01. The van der Waals surface area contributed by atoms with E-state index in [9.17, 15) is 5.11 Å². The highest BCUT2D eigenvalue weighted by Gasteiger charge is 2.13. The van der Waals surface area contributed by atoms with Crippen LogP contribution in [-0.2, 0) is 20.2 Å². The fourth-order valence-corrected chi connectivity index (χ4v) is 2.82. The zero-order valence-electron chi connectivity index (χ0n) is 11.5. The molecule has 0 aliphatic carbocycles. The Balaban J connectivity index is 2.07. The van der Waals surface area contributed by atoms with Crippen LogP contribution in [-0.4, -0.2) is 19.5 Å². The summed E-state index contributed by atoms with van der Waals surface area (Å²) < 4.78 is 3.82. The number of aliphatic hydroxyl groups is 1. The van der Waals surface area contributed by atoms with Crippen LogP contribution in [0.3, 0.4) is 0 Å². The van der Waals surface area contributed by atoms with Gasteiger partial charge in [-0.25, -0.2) is 0 Å². The third-order valence-electron chi connectivity index (χ3n) is 3.67. The van der Waals surface area contributed by atoms with Crippen LogP contribution in [0.4, 0.5) is 0 Å². The minimum absolute atomic E-state index is 0.0496. The zero-order chi connectivity index (χ0) is 14.3. The molecule has 0 atom stereocenters. The molecular formula is C15H16ClN3O. The number of halogens is 1. The van der Waals surface area contributed by atoms with Crippen LogP contribution in [0.15, 0.2) is 30.5 Å². The Morgan fingerprint density at radius 3 is 2.75 bits per heavy atom. The van der Waals surface area contributed by atoms with Gasteiger partial charge in [-0.2, -0.15) is 5.10 Å². The van der Waals surface area contributed by atoms with Gasteiger partial charge in [-0.1, -0.05) is 23.7 Å². The molecule has 3 rings (SSSR count). The number of benzene rings is 1. The first-order valence-electron chi connectivity index (χ1n) is 6.47. The van der Waals surface area contributed by atoms with Crippen LogP contribution >= 0.6 is 11.6 Å². The van der Waals surface area contributed by atoms with Gasteiger partial charge in [0, 0.05) is 29.7 Å². The van der Waals surface area contributed by atoms with E-state index >= 15 is 0 Å². The van der Waals surface area contributed by atoms with Crippen molar-refractivity contribution >= 4 is 22.5 Å². The Bertz CT molecular complexity index is 773. The second-order valence-corrected chi connectivity index (χ2v) is 5.29. The number of aliphatic hydroxyl groups excluding tert-OH is 1. The number of hydrogen-bond acceptors (Lipinski definition) is 2. The quantitative estimate of drug-likeness (QED) is 0.806. The fraction of sp³-hybridized carbons (Fsp3) is 0.267. The summed E-state index contributed by atoms with van der Waals surface area (Å²) in [7, 11) is 1.84. The molecule has 0 saturated carbocycles. The van der Waals surface area contributed by atoms with Gasteiger partial charge in [0.2, 0.25) is 0 Å². The maximum Gasteiger partial charge on any atom is 0.131 e. The smallest absolute Gasteiger partial charge is 0.131 e. The largest absolute Gasteiger partial charge is 0.392 e. The predicted molar refractivity (Wildman–Crippen MR) is 79.9 cm³/mol. The Hall–Kier alpha value is -1.78. The maximum absolute atomic E-state index is 9.38. The van der Waals surface area contributed by atoms with Crippen molar-refractivity contribution in [3.05, 3.63) is 52.4 Å². The molecule has 104 valence electrons. The molecule has 2 heterocycles. The molecule has 0 aliphatic rings.